The number of carbonyl (C=O) groups excluding carboxylic acids is 1. The quantitative estimate of drug-likeness (QED) is 0.158. The number of hydrogen-bond donors (Lipinski definition) is 1. The fraction of sp³-hybridized carbons (Fsp3) is 0.440. The summed E-state index contributed by atoms with van der Waals surface area (Å²) in [6, 6.07) is 10.1. The van der Waals surface area contributed by atoms with E-state index in [9.17, 15) is 51.8 Å². The number of carboxylic acids is 1. The van der Waals surface area contributed by atoms with Crippen molar-refractivity contribution in [3.8, 4) is 0 Å². The van der Waals surface area contributed by atoms with Crippen LogP contribution >= 0.6 is 0 Å². The zero-order valence-electron chi connectivity index (χ0n) is 23.4. The molecule has 43 heavy (non-hydrogen) atoms. The van der Waals surface area contributed by atoms with E-state index in [2.05, 4.69) is 4.74 Å². The van der Waals surface area contributed by atoms with E-state index in [1.807, 2.05) is 0 Å². The summed E-state index contributed by atoms with van der Waals surface area (Å²) in [6.45, 7) is 0. The largest absolute Gasteiger partial charge is 1.00 e. The van der Waals surface area contributed by atoms with Gasteiger partial charge < -0.3 is 15.3 Å². The molecule has 0 aromatic heterocycles. The molecule has 2 fully saturated rings. The van der Waals surface area contributed by atoms with Crippen LogP contribution in [0.2, 0.25) is 0 Å². The molecule has 0 heterocycles. The summed E-state index contributed by atoms with van der Waals surface area (Å²) < 4.78 is 54.2. The molecule has 0 unspecified atom stereocenters. The number of methoxy groups -OCH3 is 1. The summed E-state index contributed by atoms with van der Waals surface area (Å²) in [5.74, 6) is -2.79. The third-order valence-corrected chi connectivity index (χ3v) is 11.3. The normalized spacial score (nSPS) is 16.2. The Morgan fingerprint density at radius 2 is 1.14 bits per heavy atom. The molecule has 0 aliphatic heterocycles. The third kappa shape index (κ3) is 7.98. The minimum absolute atomic E-state index is 0. The minimum Gasteiger partial charge on any atom is -0.870 e. The first kappa shape index (κ1) is 37.7. The van der Waals surface area contributed by atoms with Crippen LogP contribution in [0.5, 0.6) is 0 Å². The van der Waals surface area contributed by atoms with Crippen molar-refractivity contribution in [3.63, 3.8) is 0 Å². The maximum absolute atomic E-state index is 12.5. The maximum atomic E-state index is 12.5. The van der Waals surface area contributed by atoms with Gasteiger partial charge in [-0.25, -0.2) is 16.8 Å². The van der Waals surface area contributed by atoms with Gasteiger partial charge in [0.2, 0.25) is 0 Å². The first-order valence-electron chi connectivity index (χ1n) is 12.4. The van der Waals surface area contributed by atoms with Crippen molar-refractivity contribution in [1.82, 2.24) is 0 Å². The van der Waals surface area contributed by atoms with E-state index < -0.39 is 80.1 Å². The number of aliphatic carboxylic acids is 1. The zero-order valence-corrected chi connectivity index (χ0v) is 25.0. The van der Waals surface area contributed by atoms with E-state index in [1.54, 1.807) is 0 Å². The third-order valence-electron chi connectivity index (χ3n) is 7.42. The number of para-hydroxylation sites is 2. The molecule has 0 bridgehead atoms. The van der Waals surface area contributed by atoms with E-state index in [0.717, 1.165) is 24.6 Å². The molecular formula is C25H29LiN2O13S2. The van der Waals surface area contributed by atoms with Gasteiger partial charge in [0, 0.05) is 12.1 Å². The van der Waals surface area contributed by atoms with Crippen LogP contribution in [0.1, 0.15) is 38.5 Å². The number of ether oxygens (including phenoxy) is 1. The molecular weight excluding hydrogens is 607 g/mol. The van der Waals surface area contributed by atoms with E-state index in [0.29, 0.717) is 19.3 Å². The molecule has 18 heteroatoms. The fourth-order valence-corrected chi connectivity index (χ4v) is 8.95. The van der Waals surface area contributed by atoms with Crippen LogP contribution in [0.25, 0.3) is 0 Å². The Balaban J connectivity index is 0.000000411. The number of carboxylic acid groups (broad SMARTS) is 1. The Morgan fingerprint density at radius 1 is 0.791 bits per heavy atom. The van der Waals surface area contributed by atoms with Crippen molar-refractivity contribution >= 4 is 43.0 Å². The number of nitrogens with zero attached hydrogens (tertiary/aromatic N) is 2. The molecule has 4 rings (SSSR count). The SMILES string of the molecule is COC(=O)C1(CS(=O)(=O)c2ccccc2[N+](=O)[O-])CCC1.O=C(O)C1(CS(=O)(=O)c2ccccc2[N+](=O)[O-])CCC1.[Li+].[OH-]. The van der Waals surface area contributed by atoms with Crippen molar-refractivity contribution in [3.05, 3.63) is 68.8 Å². The standard InChI is InChI=1S/C13H15NO6S.C12H13NO6S.Li.H2O/c1-20-12(15)13(7-4-8-13)9-21(18,19)11-6-3-2-5-10(11)14(16)17;14-11(15)12(6-3-7-12)8-20(18,19)10-5-2-1-4-9(10)13(16)17;;/h2-3,5-6H,4,7-9H2,1H3;1-2,4-5H,3,6-8H2,(H,14,15);;1H2/q;;+1;/p-1. The topological polar surface area (TPSA) is 248 Å². The van der Waals surface area contributed by atoms with Crippen molar-refractivity contribution in [2.45, 2.75) is 48.3 Å². The van der Waals surface area contributed by atoms with Crippen LogP contribution in [0.15, 0.2) is 58.3 Å². The van der Waals surface area contributed by atoms with Crippen molar-refractivity contribution in [2.24, 2.45) is 10.8 Å². The second-order valence-corrected chi connectivity index (χ2v) is 13.9. The zero-order chi connectivity index (χ0) is 30.6. The van der Waals surface area contributed by atoms with E-state index >= 15 is 0 Å². The number of nitro groups is 2. The van der Waals surface area contributed by atoms with Gasteiger partial charge >= 0.3 is 30.8 Å². The Labute approximate surface area is 259 Å². The molecule has 0 amide bonds. The number of nitro benzene ring substituents is 2. The molecule has 2 saturated carbocycles. The molecule has 2 aromatic carbocycles. The van der Waals surface area contributed by atoms with Gasteiger partial charge in [0.1, 0.15) is 9.79 Å². The van der Waals surface area contributed by atoms with Crippen LogP contribution in [-0.2, 0) is 34.0 Å². The van der Waals surface area contributed by atoms with Crippen molar-refractivity contribution in [1.29, 1.82) is 0 Å². The Hall–Kier alpha value is -3.36. The predicted octanol–water partition coefficient (Wildman–Crippen LogP) is 0.162. The van der Waals surface area contributed by atoms with Crippen LogP contribution in [0.4, 0.5) is 11.4 Å². The predicted molar refractivity (Wildman–Crippen MR) is 144 cm³/mol. The molecule has 0 atom stereocenters. The van der Waals surface area contributed by atoms with Gasteiger partial charge in [0.25, 0.3) is 11.4 Å². The van der Waals surface area contributed by atoms with Gasteiger partial charge in [-0.15, -0.1) is 0 Å². The number of carbonyl (C=O) groups is 2. The van der Waals surface area contributed by atoms with Gasteiger partial charge in [-0.3, -0.25) is 29.8 Å². The molecule has 2 aliphatic rings. The molecule has 230 valence electrons. The average Bonchev–Trinajstić information content (AvgIpc) is 2.88. The summed E-state index contributed by atoms with van der Waals surface area (Å²) in [4.78, 5) is 42.6. The Morgan fingerprint density at radius 3 is 1.42 bits per heavy atom. The number of rotatable bonds is 10. The van der Waals surface area contributed by atoms with Gasteiger partial charge in [-0.05, 0) is 37.8 Å². The van der Waals surface area contributed by atoms with Crippen LogP contribution in [-0.4, -0.2) is 67.8 Å². The number of esters is 1. The first-order chi connectivity index (χ1) is 19.1. The second kappa shape index (κ2) is 14.4. The first-order valence-corrected chi connectivity index (χ1v) is 15.7. The van der Waals surface area contributed by atoms with E-state index in [4.69, 9.17) is 0 Å². The summed E-state index contributed by atoms with van der Waals surface area (Å²) in [5.41, 5.74) is -3.37. The fourth-order valence-electron chi connectivity index (χ4n) is 4.88. The van der Waals surface area contributed by atoms with Crippen LogP contribution < -0.4 is 18.9 Å². The number of sulfone groups is 2. The van der Waals surface area contributed by atoms with Crippen LogP contribution in [0, 0.1) is 31.1 Å². The molecule has 0 spiro atoms. The Bertz CT molecular complexity index is 1590. The molecule has 2 aromatic rings. The summed E-state index contributed by atoms with van der Waals surface area (Å²) in [7, 11) is -6.77. The van der Waals surface area contributed by atoms with Gasteiger partial charge in [-0.1, -0.05) is 37.1 Å². The van der Waals surface area contributed by atoms with Crippen molar-refractivity contribution < 1.29 is 70.5 Å². The Kier molecular flexibility index (Phi) is 12.6. The molecule has 2 N–H and O–H groups in total. The van der Waals surface area contributed by atoms with Crippen LogP contribution in [0.3, 0.4) is 0 Å². The smallest absolute Gasteiger partial charge is 0.870 e. The molecule has 15 nitrogen and oxygen atoms in total. The monoisotopic (exact) mass is 636 g/mol. The van der Waals surface area contributed by atoms with E-state index in [1.165, 1.54) is 37.4 Å². The minimum atomic E-state index is -4.02. The van der Waals surface area contributed by atoms with Gasteiger partial charge in [-0.2, -0.15) is 0 Å². The van der Waals surface area contributed by atoms with Crippen molar-refractivity contribution in [2.75, 3.05) is 18.6 Å². The summed E-state index contributed by atoms with van der Waals surface area (Å²) in [5, 5.41) is 31.0. The molecule has 0 saturated heterocycles. The summed E-state index contributed by atoms with van der Waals surface area (Å²) in [6.07, 6.45) is 2.78. The molecule has 0 radical (unpaired) electrons. The molecule has 2 aliphatic carbocycles. The second-order valence-electron chi connectivity index (χ2n) is 10.0. The van der Waals surface area contributed by atoms with E-state index in [-0.39, 0.29) is 42.1 Å². The number of benzene rings is 2. The number of hydrogen-bond acceptors (Lipinski definition) is 12. The maximum Gasteiger partial charge on any atom is 1.00 e. The van der Waals surface area contributed by atoms with Gasteiger partial charge in [0.15, 0.2) is 19.7 Å². The average molecular weight is 637 g/mol. The van der Waals surface area contributed by atoms with Gasteiger partial charge in [0.05, 0.1) is 39.3 Å². The summed E-state index contributed by atoms with van der Waals surface area (Å²) >= 11 is 0.